The summed E-state index contributed by atoms with van der Waals surface area (Å²) in [4.78, 5) is 10.5. The number of halogens is 1. The summed E-state index contributed by atoms with van der Waals surface area (Å²) in [5.41, 5.74) is 1.13. The van der Waals surface area contributed by atoms with Crippen LogP contribution in [-0.2, 0) is 29.5 Å². The van der Waals surface area contributed by atoms with Crippen molar-refractivity contribution in [2.45, 2.75) is 43.9 Å². The molecule has 3 aromatic rings. The van der Waals surface area contributed by atoms with Crippen LogP contribution in [0.25, 0.3) is 0 Å². The van der Waals surface area contributed by atoms with Crippen molar-refractivity contribution in [1.29, 1.82) is 0 Å². The molecule has 0 aliphatic heterocycles. The first-order chi connectivity index (χ1) is 13.3. The fraction of sp³-hybridized carbons (Fsp3) is 0.368. The van der Waals surface area contributed by atoms with E-state index < -0.39 is 15.1 Å². The molecule has 0 radical (unpaired) electrons. The molecule has 1 aromatic carbocycles. The van der Waals surface area contributed by atoms with E-state index in [1.807, 2.05) is 17.3 Å². The van der Waals surface area contributed by atoms with Crippen LogP contribution < -0.4 is 0 Å². The standard InChI is InChI=1S/C19H23FN4O2S2/c1-14(2)28(25,26)19-22-10-16(12-23(3)13-18-21-8-9-27-18)24(19)11-15-6-4-5-7-17(15)20/h4-10,14H,11-13H2,1-3H3. The predicted octanol–water partition coefficient (Wildman–Crippen LogP) is 3.34. The van der Waals surface area contributed by atoms with Gasteiger partial charge in [-0.1, -0.05) is 18.2 Å². The van der Waals surface area contributed by atoms with E-state index in [4.69, 9.17) is 0 Å². The van der Waals surface area contributed by atoms with E-state index in [0.29, 0.717) is 24.3 Å². The third-order valence-electron chi connectivity index (χ3n) is 4.38. The Balaban J connectivity index is 1.95. The van der Waals surface area contributed by atoms with Crippen molar-refractivity contribution >= 4 is 21.2 Å². The van der Waals surface area contributed by atoms with Crippen molar-refractivity contribution in [2.75, 3.05) is 7.05 Å². The number of aromatic nitrogens is 3. The first-order valence-electron chi connectivity index (χ1n) is 8.87. The minimum Gasteiger partial charge on any atom is -0.313 e. The highest BCUT2D eigenvalue weighted by Crippen LogP contribution is 2.21. The molecule has 0 amide bonds. The summed E-state index contributed by atoms with van der Waals surface area (Å²) >= 11 is 1.56. The van der Waals surface area contributed by atoms with Gasteiger partial charge in [-0.3, -0.25) is 4.90 Å². The van der Waals surface area contributed by atoms with Crippen LogP contribution in [0.4, 0.5) is 4.39 Å². The number of hydrogen-bond acceptors (Lipinski definition) is 6. The second-order valence-corrected chi connectivity index (χ2v) is 10.3. The van der Waals surface area contributed by atoms with E-state index >= 15 is 0 Å². The minimum atomic E-state index is -3.60. The molecule has 0 N–H and O–H groups in total. The van der Waals surface area contributed by atoms with Crippen LogP contribution in [0.15, 0.2) is 47.2 Å². The Bertz CT molecular complexity index is 1030. The Morgan fingerprint density at radius 2 is 1.96 bits per heavy atom. The zero-order chi connectivity index (χ0) is 20.3. The van der Waals surface area contributed by atoms with E-state index in [0.717, 1.165) is 5.01 Å². The van der Waals surface area contributed by atoms with E-state index in [2.05, 4.69) is 9.97 Å². The highest BCUT2D eigenvalue weighted by molar-refractivity contribution is 7.91. The third-order valence-corrected chi connectivity index (χ3v) is 7.22. The van der Waals surface area contributed by atoms with Crippen LogP contribution >= 0.6 is 11.3 Å². The first kappa shape index (κ1) is 20.6. The lowest BCUT2D eigenvalue weighted by Crippen LogP contribution is -2.23. The van der Waals surface area contributed by atoms with Crippen LogP contribution in [0.5, 0.6) is 0 Å². The topological polar surface area (TPSA) is 68.1 Å². The zero-order valence-electron chi connectivity index (χ0n) is 16.0. The summed E-state index contributed by atoms with van der Waals surface area (Å²) in [5.74, 6) is -0.369. The molecule has 2 heterocycles. The highest BCUT2D eigenvalue weighted by Gasteiger charge is 2.27. The fourth-order valence-electron chi connectivity index (χ4n) is 2.82. The molecule has 0 spiro atoms. The van der Waals surface area contributed by atoms with Crippen molar-refractivity contribution in [3.8, 4) is 0 Å². The Labute approximate surface area is 168 Å². The van der Waals surface area contributed by atoms with Crippen LogP contribution in [0.3, 0.4) is 0 Å². The number of hydrogen-bond donors (Lipinski definition) is 0. The summed E-state index contributed by atoms with van der Waals surface area (Å²) in [6.07, 6.45) is 3.32. The molecule has 2 aromatic heterocycles. The molecule has 6 nitrogen and oxygen atoms in total. The van der Waals surface area contributed by atoms with Crippen LogP contribution in [0.1, 0.15) is 30.1 Å². The number of thiazole rings is 1. The largest absolute Gasteiger partial charge is 0.313 e. The number of benzene rings is 1. The number of nitrogens with zero attached hydrogens (tertiary/aromatic N) is 4. The number of sulfone groups is 1. The van der Waals surface area contributed by atoms with Crippen molar-refractivity contribution in [2.24, 2.45) is 0 Å². The van der Waals surface area contributed by atoms with E-state index in [1.165, 1.54) is 6.07 Å². The summed E-state index contributed by atoms with van der Waals surface area (Å²) in [7, 11) is -1.68. The van der Waals surface area contributed by atoms with Gasteiger partial charge >= 0.3 is 0 Å². The quantitative estimate of drug-likeness (QED) is 0.557. The third kappa shape index (κ3) is 4.48. The van der Waals surface area contributed by atoms with Crippen molar-refractivity contribution in [1.82, 2.24) is 19.4 Å². The maximum absolute atomic E-state index is 14.2. The van der Waals surface area contributed by atoms with Gasteiger partial charge in [-0.25, -0.2) is 22.8 Å². The monoisotopic (exact) mass is 422 g/mol. The van der Waals surface area contributed by atoms with Crippen molar-refractivity contribution in [3.05, 3.63) is 64.1 Å². The lowest BCUT2D eigenvalue weighted by atomic mass is 10.2. The molecule has 0 saturated heterocycles. The number of imidazole rings is 1. The molecule has 9 heteroatoms. The van der Waals surface area contributed by atoms with Gasteiger partial charge < -0.3 is 4.57 Å². The highest BCUT2D eigenvalue weighted by atomic mass is 32.2. The fourth-order valence-corrected chi connectivity index (χ4v) is 4.62. The van der Waals surface area contributed by atoms with Gasteiger partial charge in [-0.05, 0) is 27.0 Å². The molecule has 0 aliphatic rings. The Morgan fingerprint density at radius 1 is 1.21 bits per heavy atom. The normalized spacial score (nSPS) is 12.2. The van der Waals surface area contributed by atoms with Gasteiger partial charge in [0.05, 0.1) is 30.2 Å². The maximum Gasteiger partial charge on any atom is 0.228 e. The summed E-state index contributed by atoms with van der Waals surface area (Å²) in [5, 5.41) is 2.25. The summed E-state index contributed by atoms with van der Waals surface area (Å²) in [6.45, 7) is 4.44. The van der Waals surface area contributed by atoms with Gasteiger partial charge in [-0.15, -0.1) is 11.3 Å². The van der Waals surface area contributed by atoms with Crippen molar-refractivity contribution < 1.29 is 12.8 Å². The summed E-state index contributed by atoms with van der Waals surface area (Å²) < 4.78 is 41.4. The second kappa shape index (κ2) is 8.50. The summed E-state index contributed by atoms with van der Waals surface area (Å²) in [6, 6.07) is 6.38. The average Bonchev–Trinajstić information content (AvgIpc) is 3.27. The Kier molecular flexibility index (Phi) is 6.26. The van der Waals surface area contributed by atoms with Gasteiger partial charge in [0, 0.05) is 23.7 Å². The molecule has 0 aliphatic carbocycles. The molecule has 3 rings (SSSR count). The van der Waals surface area contributed by atoms with Crippen molar-refractivity contribution in [3.63, 3.8) is 0 Å². The molecular formula is C19H23FN4O2S2. The van der Waals surface area contributed by atoms with Gasteiger partial charge in [-0.2, -0.15) is 0 Å². The average molecular weight is 423 g/mol. The molecule has 0 bridgehead atoms. The van der Waals surface area contributed by atoms with Gasteiger partial charge in [0.15, 0.2) is 0 Å². The molecule has 0 unspecified atom stereocenters. The zero-order valence-corrected chi connectivity index (χ0v) is 17.7. The molecule has 0 fully saturated rings. The molecular weight excluding hydrogens is 399 g/mol. The number of rotatable bonds is 8. The van der Waals surface area contributed by atoms with Crippen LogP contribution in [-0.4, -0.2) is 40.2 Å². The predicted molar refractivity (Wildman–Crippen MR) is 107 cm³/mol. The maximum atomic E-state index is 14.2. The van der Waals surface area contributed by atoms with Gasteiger partial charge in [0.2, 0.25) is 15.0 Å². The Hall–Kier alpha value is -2.10. The lowest BCUT2D eigenvalue weighted by Gasteiger charge is -2.18. The minimum absolute atomic E-state index is 0.0246. The molecule has 28 heavy (non-hydrogen) atoms. The van der Waals surface area contributed by atoms with E-state index in [1.54, 1.807) is 60.3 Å². The van der Waals surface area contributed by atoms with Gasteiger partial charge in [0.25, 0.3) is 0 Å². The molecule has 0 atom stereocenters. The van der Waals surface area contributed by atoms with E-state index in [-0.39, 0.29) is 17.5 Å². The van der Waals surface area contributed by atoms with Crippen LogP contribution in [0, 0.1) is 5.82 Å². The lowest BCUT2D eigenvalue weighted by molar-refractivity contribution is 0.308. The van der Waals surface area contributed by atoms with Crippen LogP contribution in [0.2, 0.25) is 0 Å². The molecule has 0 saturated carbocycles. The van der Waals surface area contributed by atoms with Gasteiger partial charge in [0.1, 0.15) is 10.8 Å². The Morgan fingerprint density at radius 3 is 2.61 bits per heavy atom. The molecule has 150 valence electrons. The smallest absolute Gasteiger partial charge is 0.228 e. The first-order valence-corrected chi connectivity index (χ1v) is 11.3. The SMILES string of the molecule is CC(C)S(=O)(=O)c1ncc(CN(C)Cc2nccs2)n1Cc1ccccc1F. The van der Waals surface area contributed by atoms with E-state index in [9.17, 15) is 12.8 Å². The second-order valence-electron chi connectivity index (χ2n) is 6.90.